The molecule has 1 aromatic heterocycles. The van der Waals surface area contributed by atoms with Crippen molar-refractivity contribution in [2.45, 2.75) is 0 Å². The Bertz CT molecular complexity index is 443. The van der Waals surface area contributed by atoms with Gasteiger partial charge < -0.3 is 0 Å². The van der Waals surface area contributed by atoms with E-state index in [1.54, 1.807) is 30.3 Å². The van der Waals surface area contributed by atoms with Gasteiger partial charge in [-0.15, -0.1) is 0 Å². The van der Waals surface area contributed by atoms with Crippen molar-refractivity contribution in [2.24, 2.45) is 0 Å². The second-order valence-corrected chi connectivity index (χ2v) is 2.64. The van der Waals surface area contributed by atoms with Crippen LogP contribution in [0.5, 0.6) is 0 Å². The second-order valence-electron chi connectivity index (χ2n) is 2.64. The molecule has 0 saturated heterocycles. The Hall–Kier alpha value is -1.84. The van der Waals surface area contributed by atoms with Crippen molar-refractivity contribution >= 4 is 0 Å². The molecule has 0 N–H and O–H groups in total. The monoisotopic (exact) mass is 191 g/mol. The van der Waals surface area contributed by atoms with Gasteiger partial charge in [-0.25, -0.2) is 4.98 Å². The van der Waals surface area contributed by atoms with Crippen LogP contribution in [-0.2, 0) is 0 Å². The van der Waals surface area contributed by atoms with E-state index in [1.165, 1.54) is 0 Å². The van der Waals surface area contributed by atoms with Gasteiger partial charge in [-0.3, -0.25) is 0 Å². The number of benzene rings is 1. The van der Waals surface area contributed by atoms with Crippen LogP contribution >= 0.6 is 0 Å². The molecule has 0 atom stereocenters. The number of aromatic nitrogens is 2. The molecule has 0 aliphatic carbocycles. The van der Waals surface area contributed by atoms with E-state index in [1.807, 2.05) is 0 Å². The maximum atomic E-state index is 13.2. The Morgan fingerprint density at radius 3 is 2.43 bits per heavy atom. The zero-order valence-corrected chi connectivity index (χ0v) is 7.04. The largest absolute Gasteiger partial charge is 0.253 e. The molecular weight excluding hydrogens is 186 g/mol. The molecule has 0 spiro atoms. The summed E-state index contributed by atoms with van der Waals surface area (Å²) < 4.78 is 25.9. The molecule has 0 amide bonds. The molecule has 4 heteroatoms. The van der Waals surface area contributed by atoms with Crippen LogP contribution in [0.1, 0.15) is 0 Å². The minimum Gasteiger partial charge on any atom is -0.222 e. The third-order valence-electron chi connectivity index (χ3n) is 1.75. The van der Waals surface area contributed by atoms with Crippen LogP contribution in [0.3, 0.4) is 0 Å². The van der Waals surface area contributed by atoms with Crippen molar-refractivity contribution in [3.05, 3.63) is 48.4 Å². The number of rotatable bonds is 1. The topological polar surface area (TPSA) is 25.8 Å². The molecule has 14 heavy (non-hydrogen) atoms. The first-order valence-corrected chi connectivity index (χ1v) is 3.93. The summed E-state index contributed by atoms with van der Waals surface area (Å²) in [5.41, 5.74) is 0.431. The van der Waals surface area contributed by atoms with Crippen LogP contribution in [-0.4, -0.2) is 9.97 Å². The number of hydrogen-bond donors (Lipinski definition) is 0. The van der Waals surface area contributed by atoms with Crippen LogP contribution in [0, 0.1) is 18.1 Å². The fourth-order valence-electron chi connectivity index (χ4n) is 1.10. The molecule has 0 fully saturated rings. The first-order valence-electron chi connectivity index (χ1n) is 3.93. The third-order valence-corrected chi connectivity index (χ3v) is 1.75. The van der Waals surface area contributed by atoms with Crippen molar-refractivity contribution in [3.8, 4) is 11.3 Å². The van der Waals surface area contributed by atoms with E-state index >= 15 is 0 Å². The van der Waals surface area contributed by atoms with E-state index in [-0.39, 0.29) is 5.69 Å². The molecule has 69 valence electrons. The Labute approximate surface area is 79.3 Å². The average molecular weight is 191 g/mol. The SMILES string of the molecule is Fc1n[c]nc(-c2ccccc2)c1F. The summed E-state index contributed by atoms with van der Waals surface area (Å²) >= 11 is 0. The highest BCUT2D eigenvalue weighted by atomic mass is 19.2. The fraction of sp³-hybridized carbons (Fsp3) is 0. The van der Waals surface area contributed by atoms with E-state index in [4.69, 9.17) is 0 Å². The normalized spacial score (nSPS) is 10.1. The molecule has 0 aliphatic heterocycles. The highest BCUT2D eigenvalue weighted by Gasteiger charge is 2.11. The number of halogens is 2. The van der Waals surface area contributed by atoms with Gasteiger partial charge in [0.05, 0.1) is 0 Å². The minimum absolute atomic E-state index is 0.0712. The van der Waals surface area contributed by atoms with Crippen LogP contribution in [0.15, 0.2) is 30.3 Å². The number of nitrogens with zero attached hydrogens (tertiary/aromatic N) is 2. The summed E-state index contributed by atoms with van der Waals surface area (Å²) in [6.07, 6.45) is 2.05. The summed E-state index contributed by atoms with van der Waals surface area (Å²) in [6.45, 7) is 0. The van der Waals surface area contributed by atoms with Gasteiger partial charge >= 0.3 is 0 Å². The Morgan fingerprint density at radius 1 is 1.00 bits per heavy atom. The minimum atomic E-state index is -1.18. The first kappa shape index (κ1) is 8.74. The lowest BCUT2D eigenvalue weighted by Gasteiger charge is -2.00. The zero-order chi connectivity index (χ0) is 9.97. The summed E-state index contributed by atoms with van der Waals surface area (Å²) in [5, 5.41) is 0. The van der Waals surface area contributed by atoms with E-state index in [0.717, 1.165) is 0 Å². The molecule has 1 aromatic carbocycles. The van der Waals surface area contributed by atoms with Gasteiger partial charge in [-0.2, -0.15) is 13.8 Å². The van der Waals surface area contributed by atoms with Gasteiger partial charge in [-0.05, 0) is 0 Å². The van der Waals surface area contributed by atoms with Crippen LogP contribution in [0.2, 0.25) is 0 Å². The molecule has 2 aromatic rings. The first-order chi connectivity index (χ1) is 6.79. The van der Waals surface area contributed by atoms with Crippen molar-refractivity contribution in [2.75, 3.05) is 0 Å². The van der Waals surface area contributed by atoms with Crippen molar-refractivity contribution in [3.63, 3.8) is 0 Å². The smallest absolute Gasteiger partial charge is 0.222 e. The lowest BCUT2D eigenvalue weighted by atomic mass is 10.1. The van der Waals surface area contributed by atoms with Gasteiger partial charge in [0.1, 0.15) is 5.69 Å². The summed E-state index contributed by atoms with van der Waals surface area (Å²) in [6, 6.07) is 8.49. The highest BCUT2D eigenvalue weighted by molar-refractivity contribution is 5.58. The third kappa shape index (κ3) is 1.46. The van der Waals surface area contributed by atoms with Crippen molar-refractivity contribution in [1.29, 1.82) is 0 Å². The summed E-state index contributed by atoms with van der Waals surface area (Å²) in [7, 11) is 0. The number of hydrogen-bond acceptors (Lipinski definition) is 2. The zero-order valence-electron chi connectivity index (χ0n) is 7.04. The molecule has 0 unspecified atom stereocenters. The molecule has 2 nitrogen and oxygen atoms in total. The second kappa shape index (κ2) is 3.49. The van der Waals surface area contributed by atoms with Crippen LogP contribution in [0.4, 0.5) is 8.78 Å². The Kier molecular flexibility index (Phi) is 2.18. The van der Waals surface area contributed by atoms with Gasteiger partial charge in [0.25, 0.3) is 5.95 Å². The molecule has 1 radical (unpaired) electrons. The Balaban J connectivity index is 2.58. The maximum absolute atomic E-state index is 13.2. The fourth-order valence-corrected chi connectivity index (χ4v) is 1.10. The highest BCUT2D eigenvalue weighted by Crippen LogP contribution is 2.19. The van der Waals surface area contributed by atoms with Crippen LogP contribution < -0.4 is 0 Å². The van der Waals surface area contributed by atoms with E-state index < -0.39 is 11.8 Å². The lowest BCUT2D eigenvalue weighted by molar-refractivity contribution is 0.475. The van der Waals surface area contributed by atoms with E-state index in [2.05, 4.69) is 16.3 Å². The van der Waals surface area contributed by atoms with Gasteiger partial charge in [0, 0.05) is 5.56 Å². The van der Waals surface area contributed by atoms with Gasteiger partial charge in [0.2, 0.25) is 12.1 Å². The molecule has 0 saturated carbocycles. The summed E-state index contributed by atoms with van der Waals surface area (Å²) in [4.78, 5) is 6.55. The lowest BCUT2D eigenvalue weighted by Crippen LogP contribution is -1.96. The van der Waals surface area contributed by atoms with Gasteiger partial charge in [-0.1, -0.05) is 30.3 Å². The van der Waals surface area contributed by atoms with Crippen LogP contribution in [0.25, 0.3) is 11.3 Å². The molecule has 2 rings (SSSR count). The van der Waals surface area contributed by atoms with Crippen molar-refractivity contribution in [1.82, 2.24) is 9.97 Å². The van der Waals surface area contributed by atoms with E-state index in [9.17, 15) is 8.78 Å². The quantitative estimate of drug-likeness (QED) is 0.646. The Morgan fingerprint density at radius 2 is 1.71 bits per heavy atom. The average Bonchev–Trinajstić information content (AvgIpc) is 2.23. The predicted molar refractivity (Wildman–Crippen MR) is 46.2 cm³/mol. The molecule has 1 heterocycles. The molecular formula is C10H5F2N2. The van der Waals surface area contributed by atoms with Gasteiger partial charge in [0.15, 0.2) is 0 Å². The standard InChI is InChI=1S/C10H5F2N2/c11-8-9(13-6-14-10(8)12)7-4-2-1-3-5-7/h1-5H. The van der Waals surface area contributed by atoms with Crippen molar-refractivity contribution < 1.29 is 8.78 Å². The molecule has 0 aliphatic rings. The predicted octanol–water partition coefficient (Wildman–Crippen LogP) is 2.22. The maximum Gasteiger partial charge on any atom is 0.253 e. The molecule has 0 bridgehead atoms. The van der Waals surface area contributed by atoms with E-state index in [0.29, 0.717) is 5.56 Å². The summed E-state index contributed by atoms with van der Waals surface area (Å²) in [5.74, 6) is -2.23.